The van der Waals surface area contributed by atoms with E-state index in [0.29, 0.717) is 30.2 Å². The summed E-state index contributed by atoms with van der Waals surface area (Å²) in [5.74, 6) is 0.597. The average Bonchev–Trinajstić information content (AvgIpc) is 2.79. The number of ketones is 1. The van der Waals surface area contributed by atoms with Gasteiger partial charge in [-0.1, -0.05) is 26.3 Å². The molecule has 1 aromatic heterocycles. The molecule has 0 radical (unpaired) electrons. The van der Waals surface area contributed by atoms with Gasteiger partial charge < -0.3 is 9.84 Å². The van der Waals surface area contributed by atoms with Gasteiger partial charge in [0.15, 0.2) is 0 Å². The highest BCUT2D eigenvalue weighted by Gasteiger charge is 2.33. The number of carbonyl (C=O) groups is 1. The van der Waals surface area contributed by atoms with Gasteiger partial charge in [-0.25, -0.2) is 4.98 Å². The van der Waals surface area contributed by atoms with E-state index >= 15 is 0 Å². The Morgan fingerprint density at radius 2 is 2.00 bits per heavy atom. The molecule has 2 atom stereocenters. The number of carbonyl (C=O) groups excluding carboxylic acids is 1. The molecule has 1 aliphatic rings. The highest BCUT2D eigenvalue weighted by molar-refractivity contribution is 7.99. The largest absolute Gasteiger partial charge is 0.512 e. The third-order valence-corrected chi connectivity index (χ3v) is 6.84. The van der Waals surface area contributed by atoms with Crippen molar-refractivity contribution in [2.45, 2.75) is 63.1 Å². The van der Waals surface area contributed by atoms with Crippen molar-refractivity contribution in [2.24, 2.45) is 5.92 Å². The van der Waals surface area contributed by atoms with Gasteiger partial charge in [0.25, 0.3) is 0 Å². The summed E-state index contributed by atoms with van der Waals surface area (Å²) in [6.45, 7) is 4.76. The molecule has 0 saturated carbocycles. The number of aliphatic hydroxyl groups is 1. The number of pyridine rings is 1. The number of hydrogen-bond acceptors (Lipinski definition) is 5. The lowest BCUT2D eigenvalue weighted by Gasteiger charge is -2.26. The highest BCUT2D eigenvalue weighted by atomic mass is 32.2. The van der Waals surface area contributed by atoms with Crippen molar-refractivity contribution >= 4 is 17.5 Å². The predicted octanol–water partition coefficient (Wildman–Crippen LogP) is 7.14. The van der Waals surface area contributed by atoms with Crippen LogP contribution in [0.5, 0.6) is 5.75 Å². The Morgan fingerprint density at radius 1 is 1.21 bits per heavy atom. The molecule has 0 spiro atoms. The second-order valence-electron chi connectivity index (χ2n) is 8.39. The quantitative estimate of drug-likeness (QED) is 0.282. The van der Waals surface area contributed by atoms with Gasteiger partial charge in [0.1, 0.15) is 17.3 Å². The maximum Gasteiger partial charge on any atom is 0.417 e. The van der Waals surface area contributed by atoms with Gasteiger partial charge in [-0.3, -0.25) is 4.79 Å². The number of alkyl halides is 3. The smallest absolute Gasteiger partial charge is 0.417 e. The van der Waals surface area contributed by atoms with Crippen LogP contribution >= 0.6 is 11.8 Å². The van der Waals surface area contributed by atoms with Crippen LogP contribution in [0.3, 0.4) is 0 Å². The van der Waals surface area contributed by atoms with E-state index in [1.54, 1.807) is 6.08 Å². The zero-order valence-electron chi connectivity index (χ0n) is 19.4. The van der Waals surface area contributed by atoms with Gasteiger partial charge in [-0.2, -0.15) is 13.2 Å². The lowest BCUT2D eigenvalue weighted by molar-refractivity contribution is -0.137. The molecule has 0 amide bonds. The molecule has 34 heavy (non-hydrogen) atoms. The average molecular weight is 494 g/mol. The first-order valence-electron chi connectivity index (χ1n) is 11.6. The second kappa shape index (κ2) is 11.8. The Labute approximate surface area is 202 Å². The number of benzene rings is 1. The van der Waals surface area contributed by atoms with Crippen molar-refractivity contribution in [1.29, 1.82) is 0 Å². The van der Waals surface area contributed by atoms with Crippen LogP contribution in [-0.2, 0) is 17.4 Å². The molecular weight excluding hydrogens is 463 g/mol. The van der Waals surface area contributed by atoms with Crippen LogP contribution in [-0.4, -0.2) is 28.2 Å². The number of Topliss-reactive ketones (excluding diaryl/α,β-unsaturated/α-hetero) is 1. The number of nitrogens with zero attached hydrogens (tertiary/aromatic N) is 1. The van der Waals surface area contributed by atoms with E-state index < -0.39 is 17.7 Å². The lowest BCUT2D eigenvalue weighted by atomic mass is 9.79. The fourth-order valence-corrected chi connectivity index (χ4v) is 4.92. The number of allylic oxidation sites excluding steroid dienone is 2. The summed E-state index contributed by atoms with van der Waals surface area (Å²) >= 11 is 1.33. The SMILES string of the molecule is CCCCOc1ccc(C2C(=O)CC(CCSc3ccc(C(F)(F)F)cn3)C=C2O)c(CC)c1. The number of ether oxygens (including phenoxy) is 1. The van der Waals surface area contributed by atoms with E-state index in [1.165, 1.54) is 17.8 Å². The number of unbranched alkanes of at least 4 members (excludes halogenated alkanes) is 1. The van der Waals surface area contributed by atoms with E-state index in [9.17, 15) is 23.1 Å². The van der Waals surface area contributed by atoms with Crippen molar-refractivity contribution < 1.29 is 27.8 Å². The van der Waals surface area contributed by atoms with E-state index in [0.717, 1.165) is 48.4 Å². The van der Waals surface area contributed by atoms with Gasteiger partial charge in [-0.15, -0.1) is 11.8 Å². The molecule has 0 aliphatic heterocycles. The number of hydrogen-bond donors (Lipinski definition) is 1. The summed E-state index contributed by atoms with van der Waals surface area (Å²) in [7, 11) is 0. The normalized spacial score (nSPS) is 18.6. The topological polar surface area (TPSA) is 59.4 Å². The van der Waals surface area contributed by atoms with Gasteiger partial charge in [-0.05, 0) is 66.6 Å². The van der Waals surface area contributed by atoms with Crippen LogP contribution in [0.1, 0.15) is 62.1 Å². The van der Waals surface area contributed by atoms with Crippen molar-refractivity contribution in [3.05, 3.63) is 65.1 Å². The molecule has 0 fully saturated rings. The summed E-state index contributed by atoms with van der Waals surface area (Å²) in [4.78, 5) is 16.8. The Hall–Kier alpha value is -2.48. The molecule has 8 heteroatoms. The van der Waals surface area contributed by atoms with Gasteiger partial charge >= 0.3 is 6.18 Å². The van der Waals surface area contributed by atoms with Gasteiger partial charge in [0.05, 0.1) is 23.1 Å². The first kappa shape index (κ1) is 26.1. The van der Waals surface area contributed by atoms with Crippen LogP contribution in [0.4, 0.5) is 13.2 Å². The third kappa shape index (κ3) is 6.78. The molecule has 0 bridgehead atoms. The van der Waals surface area contributed by atoms with Gasteiger partial charge in [0, 0.05) is 18.4 Å². The minimum Gasteiger partial charge on any atom is -0.512 e. The van der Waals surface area contributed by atoms with Crippen LogP contribution in [0.2, 0.25) is 0 Å². The molecule has 1 N–H and O–H groups in total. The third-order valence-electron chi connectivity index (χ3n) is 5.86. The fraction of sp³-hybridized carbons (Fsp3) is 0.462. The Kier molecular flexibility index (Phi) is 9.05. The van der Waals surface area contributed by atoms with Crippen LogP contribution in [0, 0.1) is 5.92 Å². The summed E-state index contributed by atoms with van der Waals surface area (Å²) < 4.78 is 43.8. The number of aromatic nitrogens is 1. The zero-order valence-corrected chi connectivity index (χ0v) is 20.2. The molecule has 2 aromatic rings. The van der Waals surface area contributed by atoms with E-state index in [2.05, 4.69) is 11.9 Å². The number of rotatable bonds is 10. The summed E-state index contributed by atoms with van der Waals surface area (Å²) in [6, 6.07) is 8.04. The van der Waals surface area contributed by atoms with E-state index in [-0.39, 0.29) is 17.5 Å². The lowest BCUT2D eigenvalue weighted by Crippen LogP contribution is -2.24. The molecule has 184 valence electrons. The number of aliphatic hydroxyl groups excluding tert-OH is 1. The minimum absolute atomic E-state index is 0.0305. The number of halogens is 3. The molecule has 1 aliphatic carbocycles. The minimum atomic E-state index is -4.41. The Balaban J connectivity index is 1.62. The number of thioether (sulfide) groups is 1. The fourth-order valence-electron chi connectivity index (χ4n) is 4.00. The zero-order chi connectivity index (χ0) is 24.7. The maximum absolute atomic E-state index is 13.0. The molecule has 1 aromatic carbocycles. The van der Waals surface area contributed by atoms with Crippen molar-refractivity contribution in [2.75, 3.05) is 12.4 Å². The second-order valence-corrected chi connectivity index (χ2v) is 9.51. The van der Waals surface area contributed by atoms with Crippen molar-refractivity contribution in [3.8, 4) is 5.75 Å². The van der Waals surface area contributed by atoms with E-state index in [4.69, 9.17) is 4.74 Å². The van der Waals surface area contributed by atoms with Crippen LogP contribution < -0.4 is 4.74 Å². The predicted molar refractivity (Wildman–Crippen MR) is 127 cm³/mol. The van der Waals surface area contributed by atoms with Crippen LogP contribution in [0.15, 0.2) is 53.4 Å². The van der Waals surface area contributed by atoms with Crippen molar-refractivity contribution in [3.63, 3.8) is 0 Å². The first-order valence-corrected chi connectivity index (χ1v) is 12.6. The van der Waals surface area contributed by atoms with Gasteiger partial charge in [0.2, 0.25) is 0 Å². The highest BCUT2D eigenvalue weighted by Crippen LogP contribution is 2.37. The molecule has 0 saturated heterocycles. The number of aryl methyl sites for hydroxylation is 1. The summed E-state index contributed by atoms with van der Waals surface area (Å²) in [5, 5.41) is 11.2. The standard InChI is InChI=1S/C26H30F3NO3S/c1-3-5-11-33-20-7-8-21(18(4-2)15-20)25-22(31)13-17(14-23(25)32)10-12-34-24-9-6-19(16-30-24)26(27,28)29/h6-9,13,15-17,25,31H,3-5,10-12,14H2,1-2H3. The Morgan fingerprint density at radius 3 is 2.62 bits per heavy atom. The Bertz CT molecular complexity index is 1010. The summed E-state index contributed by atoms with van der Waals surface area (Å²) in [6.07, 6.45) is 1.84. The van der Waals surface area contributed by atoms with E-state index in [1.807, 2.05) is 25.1 Å². The molecule has 4 nitrogen and oxygen atoms in total. The molecular formula is C26H30F3NO3S. The molecule has 2 unspecified atom stereocenters. The maximum atomic E-state index is 13.0. The molecule has 3 rings (SSSR count). The van der Waals surface area contributed by atoms with Crippen LogP contribution in [0.25, 0.3) is 0 Å². The first-order chi connectivity index (χ1) is 16.2. The summed E-state index contributed by atoms with van der Waals surface area (Å²) in [5.41, 5.74) is 1.01. The van der Waals surface area contributed by atoms with Crippen molar-refractivity contribution in [1.82, 2.24) is 4.98 Å². The molecule has 1 heterocycles. The monoisotopic (exact) mass is 493 g/mol.